The van der Waals surface area contributed by atoms with Crippen LogP contribution >= 0.6 is 23.2 Å². The minimum absolute atomic E-state index is 0.630. The number of halogens is 2. The first-order chi connectivity index (χ1) is 8.19. The Bertz CT molecular complexity index is 382. The summed E-state index contributed by atoms with van der Waals surface area (Å²) in [7, 11) is 2.02. The lowest BCUT2D eigenvalue weighted by Gasteiger charge is -2.16. The number of likely N-dealkylation sites (tertiary alicyclic amines) is 1. The summed E-state index contributed by atoms with van der Waals surface area (Å²) in [6, 6.07) is 5.90. The predicted molar refractivity (Wildman–Crippen MR) is 73.8 cm³/mol. The number of benzene rings is 1. The molecule has 4 heteroatoms. The van der Waals surface area contributed by atoms with E-state index < -0.39 is 0 Å². The fourth-order valence-corrected chi connectivity index (χ4v) is 2.73. The van der Waals surface area contributed by atoms with Gasteiger partial charge in [-0.3, -0.25) is 4.90 Å². The Morgan fingerprint density at radius 1 is 1.35 bits per heavy atom. The molecule has 2 nitrogen and oxygen atoms in total. The highest BCUT2D eigenvalue weighted by molar-refractivity contribution is 6.42. The van der Waals surface area contributed by atoms with Crippen molar-refractivity contribution >= 4 is 23.2 Å². The monoisotopic (exact) mass is 272 g/mol. The van der Waals surface area contributed by atoms with Crippen molar-refractivity contribution in [1.29, 1.82) is 0 Å². The Hall–Kier alpha value is -0.280. The highest BCUT2D eigenvalue weighted by Gasteiger charge is 2.21. The van der Waals surface area contributed by atoms with Crippen molar-refractivity contribution < 1.29 is 0 Å². The van der Waals surface area contributed by atoms with Gasteiger partial charge in [-0.1, -0.05) is 29.3 Å². The minimum Gasteiger partial charge on any atom is -0.319 e. The van der Waals surface area contributed by atoms with E-state index in [1.54, 1.807) is 0 Å². The second-order valence-corrected chi connectivity index (χ2v) is 5.51. The van der Waals surface area contributed by atoms with Gasteiger partial charge in [0.15, 0.2) is 0 Å². The van der Waals surface area contributed by atoms with E-state index in [4.69, 9.17) is 23.2 Å². The minimum atomic E-state index is 0.630. The summed E-state index contributed by atoms with van der Waals surface area (Å²) in [5.74, 6) is 0.780. The molecule has 1 aliphatic heterocycles. The van der Waals surface area contributed by atoms with Crippen molar-refractivity contribution in [3.8, 4) is 0 Å². The molecule has 2 rings (SSSR count). The third-order valence-corrected chi connectivity index (χ3v) is 3.99. The summed E-state index contributed by atoms with van der Waals surface area (Å²) in [6.45, 7) is 4.42. The number of rotatable bonds is 4. The lowest BCUT2D eigenvalue weighted by atomic mass is 10.1. The SMILES string of the molecule is CNCC1CCN(Cc2ccc(Cl)c(Cl)c2)C1. The predicted octanol–water partition coefficient (Wildman–Crippen LogP) is 3.03. The van der Waals surface area contributed by atoms with Gasteiger partial charge in [0.25, 0.3) is 0 Å². The van der Waals surface area contributed by atoms with Crippen LogP contribution in [-0.2, 0) is 6.54 Å². The van der Waals surface area contributed by atoms with E-state index in [-0.39, 0.29) is 0 Å². The zero-order chi connectivity index (χ0) is 12.3. The van der Waals surface area contributed by atoms with Gasteiger partial charge in [-0.25, -0.2) is 0 Å². The number of hydrogen-bond donors (Lipinski definition) is 1. The summed E-state index contributed by atoms with van der Waals surface area (Å²) in [5, 5.41) is 4.52. The molecule has 0 amide bonds. The maximum Gasteiger partial charge on any atom is 0.0595 e. The molecular formula is C13H18Cl2N2. The molecule has 1 fully saturated rings. The van der Waals surface area contributed by atoms with Crippen LogP contribution in [-0.4, -0.2) is 31.6 Å². The smallest absolute Gasteiger partial charge is 0.0595 e. The highest BCUT2D eigenvalue weighted by atomic mass is 35.5. The van der Waals surface area contributed by atoms with Crippen LogP contribution in [0.3, 0.4) is 0 Å². The fraction of sp³-hybridized carbons (Fsp3) is 0.538. The maximum atomic E-state index is 6.02. The van der Waals surface area contributed by atoms with E-state index in [1.165, 1.54) is 25.1 Å². The zero-order valence-corrected chi connectivity index (χ0v) is 11.6. The van der Waals surface area contributed by atoms with Crippen molar-refractivity contribution in [3.05, 3.63) is 33.8 Å². The third-order valence-electron chi connectivity index (χ3n) is 3.25. The van der Waals surface area contributed by atoms with Crippen LogP contribution in [0.15, 0.2) is 18.2 Å². The average Bonchev–Trinajstić information content (AvgIpc) is 2.72. The number of nitrogens with one attached hydrogen (secondary N) is 1. The molecule has 0 spiro atoms. The molecule has 1 heterocycles. The third kappa shape index (κ3) is 3.59. The van der Waals surface area contributed by atoms with E-state index in [1.807, 2.05) is 19.2 Å². The Kier molecular flexibility index (Phi) is 4.69. The lowest BCUT2D eigenvalue weighted by Crippen LogP contribution is -2.24. The van der Waals surface area contributed by atoms with Crippen LogP contribution in [0.5, 0.6) is 0 Å². The second kappa shape index (κ2) is 6.05. The molecule has 94 valence electrons. The molecule has 0 radical (unpaired) electrons. The van der Waals surface area contributed by atoms with Gasteiger partial charge in [-0.05, 0) is 50.2 Å². The van der Waals surface area contributed by atoms with Crippen LogP contribution in [0, 0.1) is 5.92 Å². The van der Waals surface area contributed by atoms with Crippen molar-refractivity contribution in [2.45, 2.75) is 13.0 Å². The standard InChI is InChI=1S/C13H18Cl2N2/c1-16-7-11-4-5-17(9-11)8-10-2-3-12(14)13(15)6-10/h2-3,6,11,16H,4-5,7-9H2,1H3. The van der Waals surface area contributed by atoms with E-state index in [9.17, 15) is 0 Å². The summed E-state index contributed by atoms with van der Waals surface area (Å²) in [6.07, 6.45) is 1.28. The normalized spacial score (nSPS) is 21.0. The molecule has 17 heavy (non-hydrogen) atoms. The van der Waals surface area contributed by atoms with Gasteiger partial charge >= 0.3 is 0 Å². The molecule has 1 aromatic carbocycles. The van der Waals surface area contributed by atoms with Crippen molar-refractivity contribution in [2.75, 3.05) is 26.7 Å². The Labute approximate surface area is 113 Å². The summed E-state index contributed by atoms with van der Waals surface area (Å²) in [5.41, 5.74) is 1.24. The summed E-state index contributed by atoms with van der Waals surface area (Å²) in [4.78, 5) is 2.47. The van der Waals surface area contributed by atoms with Crippen LogP contribution in [0.2, 0.25) is 10.0 Å². The van der Waals surface area contributed by atoms with Crippen LogP contribution in [0.1, 0.15) is 12.0 Å². The molecule has 1 unspecified atom stereocenters. The van der Waals surface area contributed by atoms with E-state index in [0.717, 1.165) is 19.0 Å². The van der Waals surface area contributed by atoms with Crippen LogP contribution in [0.4, 0.5) is 0 Å². The Balaban J connectivity index is 1.91. The van der Waals surface area contributed by atoms with Gasteiger partial charge in [-0.2, -0.15) is 0 Å². The lowest BCUT2D eigenvalue weighted by molar-refractivity contribution is 0.315. The van der Waals surface area contributed by atoms with Gasteiger partial charge in [-0.15, -0.1) is 0 Å². The van der Waals surface area contributed by atoms with Gasteiger partial charge in [0.2, 0.25) is 0 Å². The molecule has 1 saturated heterocycles. The van der Waals surface area contributed by atoms with Gasteiger partial charge in [0.1, 0.15) is 0 Å². The molecule has 0 aromatic heterocycles. The number of nitrogens with zero attached hydrogens (tertiary/aromatic N) is 1. The molecule has 0 saturated carbocycles. The van der Waals surface area contributed by atoms with E-state index in [0.29, 0.717) is 10.0 Å². The average molecular weight is 273 g/mol. The number of hydrogen-bond acceptors (Lipinski definition) is 2. The highest BCUT2D eigenvalue weighted by Crippen LogP contribution is 2.24. The second-order valence-electron chi connectivity index (χ2n) is 4.70. The molecule has 0 aliphatic carbocycles. The summed E-state index contributed by atoms with van der Waals surface area (Å²) >= 11 is 11.9. The van der Waals surface area contributed by atoms with Crippen molar-refractivity contribution in [1.82, 2.24) is 10.2 Å². The van der Waals surface area contributed by atoms with Crippen molar-refractivity contribution in [2.24, 2.45) is 5.92 Å². The quantitative estimate of drug-likeness (QED) is 0.907. The fourth-order valence-electron chi connectivity index (χ4n) is 2.41. The summed E-state index contributed by atoms with van der Waals surface area (Å²) < 4.78 is 0. The molecule has 1 aliphatic rings. The van der Waals surface area contributed by atoms with Crippen molar-refractivity contribution in [3.63, 3.8) is 0 Å². The Morgan fingerprint density at radius 3 is 2.88 bits per heavy atom. The van der Waals surface area contributed by atoms with Gasteiger partial charge in [0.05, 0.1) is 10.0 Å². The Morgan fingerprint density at radius 2 is 2.18 bits per heavy atom. The molecule has 0 bridgehead atoms. The first-order valence-corrected chi connectivity index (χ1v) is 6.75. The molecule has 1 atom stereocenters. The molecule has 1 N–H and O–H groups in total. The maximum absolute atomic E-state index is 6.02. The largest absolute Gasteiger partial charge is 0.319 e. The van der Waals surface area contributed by atoms with Gasteiger partial charge in [0, 0.05) is 13.1 Å². The van der Waals surface area contributed by atoms with E-state index in [2.05, 4.69) is 16.3 Å². The van der Waals surface area contributed by atoms with E-state index >= 15 is 0 Å². The zero-order valence-electron chi connectivity index (χ0n) is 10.0. The van der Waals surface area contributed by atoms with Crippen LogP contribution in [0.25, 0.3) is 0 Å². The first-order valence-electron chi connectivity index (χ1n) is 6.00. The first kappa shape index (κ1) is 13.2. The topological polar surface area (TPSA) is 15.3 Å². The molecular weight excluding hydrogens is 255 g/mol. The molecule has 1 aromatic rings. The van der Waals surface area contributed by atoms with Crippen LogP contribution < -0.4 is 5.32 Å². The van der Waals surface area contributed by atoms with Gasteiger partial charge < -0.3 is 5.32 Å².